The van der Waals surface area contributed by atoms with Crippen LogP contribution in [0.15, 0.2) is 48.6 Å². The maximum Gasteiger partial charge on any atom is 0.115 e. The lowest BCUT2D eigenvalue weighted by Crippen LogP contribution is -2.30. The van der Waals surface area contributed by atoms with Crippen LogP contribution in [0.5, 0.6) is 11.5 Å². The van der Waals surface area contributed by atoms with Crippen molar-refractivity contribution in [3.63, 3.8) is 0 Å². The Balaban J connectivity index is 1.86. The van der Waals surface area contributed by atoms with Gasteiger partial charge in [-0.2, -0.15) is 0 Å². The third-order valence-electron chi connectivity index (χ3n) is 6.12. The van der Waals surface area contributed by atoms with E-state index in [-0.39, 0.29) is 5.41 Å². The van der Waals surface area contributed by atoms with Crippen LogP contribution in [0.2, 0.25) is 0 Å². The monoisotopic (exact) mass is 334 g/mol. The zero-order valence-electron chi connectivity index (χ0n) is 14.8. The van der Waals surface area contributed by atoms with Crippen molar-refractivity contribution in [2.75, 3.05) is 0 Å². The Labute approximate surface area is 149 Å². The van der Waals surface area contributed by atoms with Crippen LogP contribution < -0.4 is 0 Å². The molecule has 0 heterocycles. The van der Waals surface area contributed by atoms with E-state index < -0.39 is 0 Å². The number of hydrogen-bond donors (Lipinski definition) is 2. The van der Waals surface area contributed by atoms with Crippen molar-refractivity contribution in [1.29, 1.82) is 0 Å². The predicted octanol–water partition coefficient (Wildman–Crippen LogP) is 5.37. The number of rotatable bonds is 0. The molecule has 1 unspecified atom stereocenters. The van der Waals surface area contributed by atoms with Gasteiger partial charge >= 0.3 is 0 Å². The van der Waals surface area contributed by atoms with E-state index in [0.29, 0.717) is 17.4 Å². The highest BCUT2D eigenvalue weighted by atomic mass is 16.3. The largest absolute Gasteiger partial charge is 0.508 e. The van der Waals surface area contributed by atoms with E-state index in [1.54, 1.807) is 0 Å². The van der Waals surface area contributed by atoms with E-state index >= 15 is 0 Å². The predicted molar refractivity (Wildman–Crippen MR) is 101 cm³/mol. The Bertz CT molecular complexity index is 821. The Kier molecular flexibility index (Phi) is 4.07. The lowest BCUT2D eigenvalue weighted by molar-refractivity contribution is 0.383. The molecular formula is C23H26O2. The van der Waals surface area contributed by atoms with Gasteiger partial charge in [-0.1, -0.05) is 31.2 Å². The van der Waals surface area contributed by atoms with Crippen LogP contribution in [-0.2, 0) is 18.3 Å². The minimum atomic E-state index is 0.0798. The summed E-state index contributed by atoms with van der Waals surface area (Å²) in [6.07, 6.45) is 11.0. The van der Waals surface area contributed by atoms with Crippen LogP contribution in [0.25, 0.3) is 0 Å². The summed E-state index contributed by atoms with van der Waals surface area (Å²) >= 11 is 0. The summed E-state index contributed by atoms with van der Waals surface area (Å²) in [4.78, 5) is 0. The molecule has 0 fully saturated rings. The molecule has 0 saturated carbocycles. The van der Waals surface area contributed by atoms with E-state index in [0.717, 1.165) is 38.5 Å². The molecule has 2 aliphatic carbocycles. The van der Waals surface area contributed by atoms with Crippen LogP contribution in [0.1, 0.15) is 60.8 Å². The van der Waals surface area contributed by atoms with Crippen LogP contribution in [-0.4, -0.2) is 10.2 Å². The van der Waals surface area contributed by atoms with Gasteiger partial charge in [-0.15, -0.1) is 0 Å². The first-order valence-electron chi connectivity index (χ1n) is 9.37. The number of aryl methyl sites for hydroxylation is 1. The lowest BCUT2D eigenvalue weighted by Gasteiger charge is -2.37. The number of allylic oxidation sites excluding steroid dienone is 2. The van der Waals surface area contributed by atoms with Gasteiger partial charge in [0.1, 0.15) is 11.5 Å². The first kappa shape index (κ1) is 16.3. The maximum absolute atomic E-state index is 10.1. The molecule has 0 radical (unpaired) electrons. The van der Waals surface area contributed by atoms with E-state index in [2.05, 4.69) is 31.2 Å². The van der Waals surface area contributed by atoms with Crippen LogP contribution >= 0.6 is 0 Å². The first-order chi connectivity index (χ1) is 12.1. The fourth-order valence-corrected chi connectivity index (χ4v) is 4.78. The highest BCUT2D eigenvalue weighted by Gasteiger charge is 2.36. The van der Waals surface area contributed by atoms with Gasteiger partial charge in [0, 0.05) is 5.41 Å². The quantitative estimate of drug-likeness (QED) is 0.636. The van der Waals surface area contributed by atoms with E-state index in [1.165, 1.54) is 22.3 Å². The molecule has 0 saturated heterocycles. The van der Waals surface area contributed by atoms with Crippen molar-refractivity contribution in [3.05, 3.63) is 70.8 Å². The molecule has 1 spiro atoms. The van der Waals surface area contributed by atoms with Gasteiger partial charge in [-0.05, 0) is 91.0 Å². The minimum absolute atomic E-state index is 0.0798. The summed E-state index contributed by atoms with van der Waals surface area (Å²) in [5.74, 6) is 1.15. The van der Waals surface area contributed by atoms with Gasteiger partial charge in [-0.3, -0.25) is 0 Å². The molecule has 2 atom stereocenters. The molecule has 2 aliphatic rings. The Morgan fingerprint density at radius 2 is 1.76 bits per heavy atom. The number of phenolic OH excluding ortho intramolecular Hbond substituents is 2. The number of benzene rings is 2. The number of aromatic hydroxyl groups is 2. The molecule has 2 nitrogen and oxygen atoms in total. The Hall–Kier alpha value is -2.22. The first-order valence-corrected chi connectivity index (χ1v) is 9.37. The van der Waals surface area contributed by atoms with Crippen LogP contribution in [0, 0.1) is 0 Å². The Morgan fingerprint density at radius 3 is 2.64 bits per heavy atom. The van der Waals surface area contributed by atoms with Gasteiger partial charge in [0.15, 0.2) is 0 Å². The SMILES string of the molecule is C[C@H]1C/C=C/CC2(CCCc3cc(O)ccc3C2)c2ccc(O)cc21. The topological polar surface area (TPSA) is 40.5 Å². The molecule has 0 amide bonds. The highest BCUT2D eigenvalue weighted by molar-refractivity contribution is 5.46. The van der Waals surface area contributed by atoms with Gasteiger partial charge in [0.05, 0.1) is 0 Å². The molecule has 2 aromatic rings. The second kappa shape index (κ2) is 6.25. The van der Waals surface area contributed by atoms with Gasteiger partial charge in [0.2, 0.25) is 0 Å². The second-order valence-electron chi connectivity index (χ2n) is 7.85. The molecule has 4 rings (SSSR count). The van der Waals surface area contributed by atoms with Crippen molar-refractivity contribution in [3.8, 4) is 11.5 Å². The molecule has 25 heavy (non-hydrogen) atoms. The molecule has 0 bridgehead atoms. The standard InChI is InChI=1S/C23H26O2/c1-16-5-2-3-11-23(22-10-9-20(25)14-21(16)22)12-4-6-17-13-19(24)8-7-18(17)15-23/h2-3,7-10,13-14,16,24-25H,4-6,11-12,15H2,1H3/b3-2+/t16-,23?/m0/s1. The smallest absolute Gasteiger partial charge is 0.115 e. The van der Waals surface area contributed by atoms with E-state index in [9.17, 15) is 10.2 Å². The molecule has 2 N–H and O–H groups in total. The number of fused-ring (bicyclic) bond motifs is 3. The van der Waals surface area contributed by atoms with E-state index in [4.69, 9.17) is 0 Å². The number of phenols is 2. The molecular weight excluding hydrogens is 308 g/mol. The van der Waals surface area contributed by atoms with Crippen molar-refractivity contribution in [1.82, 2.24) is 0 Å². The summed E-state index contributed by atoms with van der Waals surface area (Å²) in [6.45, 7) is 2.25. The molecule has 2 heteroatoms. The fraction of sp³-hybridized carbons (Fsp3) is 0.391. The lowest BCUT2D eigenvalue weighted by atomic mass is 9.67. The highest BCUT2D eigenvalue weighted by Crippen LogP contribution is 2.46. The maximum atomic E-state index is 10.1. The molecule has 2 aromatic carbocycles. The van der Waals surface area contributed by atoms with Crippen LogP contribution in [0.3, 0.4) is 0 Å². The van der Waals surface area contributed by atoms with Gasteiger partial charge < -0.3 is 10.2 Å². The third-order valence-corrected chi connectivity index (χ3v) is 6.12. The summed E-state index contributed by atoms with van der Waals surface area (Å²) < 4.78 is 0. The molecule has 0 aliphatic heterocycles. The van der Waals surface area contributed by atoms with Crippen molar-refractivity contribution < 1.29 is 10.2 Å². The van der Waals surface area contributed by atoms with Gasteiger partial charge in [0.25, 0.3) is 0 Å². The average molecular weight is 334 g/mol. The zero-order valence-corrected chi connectivity index (χ0v) is 14.8. The molecule has 0 aromatic heterocycles. The fourth-order valence-electron chi connectivity index (χ4n) is 4.78. The van der Waals surface area contributed by atoms with Crippen molar-refractivity contribution >= 4 is 0 Å². The third kappa shape index (κ3) is 2.95. The van der Waals surface area contributed by atoms with Gasteiger partial charge in [-0.25, -0.2) is 0 Å². The number of hydrogen-bond acceptors (Lipinski definition) is 2. The summed E-state index contributed by atoms with van der Waals surface area (Å²) in [5, 5.41) is 19.9. The minimum Gasteiger partial charge on any atom is -0.508 e. The zero-order chi connectivity index (χ0) is 17.4. The van der Waals surface area contributed by atoms with Crippen molar-refractivity contribution in [2.24, 2.45) is 0 Å². The average Bonchev–Trinajstić information content (AvgIpc) is 2.77. The summed E-state index contributed by atoms with van der Waals surface area (Å²) in [6, 6.07) is 11.8. The van der Waals surface area contributed by atoms with E-state index in [1.807, 2.05) is 24.3 Å². The Morgan fingerprint density at radius 1 is 0.960 bits per heavy atom. The summed E-state index contributed by atoms with van der Waals surface area (Å²) in [7, 11) is 0. The van der Waals surface area contributed by atoms with Crippen LogP contribution in [0.4, 0.5) is 0 Å². The molecule has 130 valence electrons. The normalized spacial score (nSPS) is 26.8. The van der Waals surface area contributed by atoms with Crippen molar-refractivity contribution in [2.45, 2.75) is 56.8 Å². The summed E-state index contributed by atoms with van der Waals surface area (Å²) in [5.41, 5.74) is 5.43. The second-order valence-corrected chi connectivity index (χ2v) is 7.85.